The van der Waals surface area contributed by atoms with Crippen LogP contribution in [-0.4, -0.2) is 17.5 Å². The van der Waals surface area contributed by atoms with Gasteiger partial charge in [0.1, 0.15) is 0 Å². The normalized spacial score (nSPS) is 15.7. The number of aliphatic hydroxyl groups is 1. The first-order chi connectivity index (χ1) is 4.04. The summed E-state index contributed by atoms with van der Waals surface area (Å²) < 4.78 is 0. The van der Waals surface area contributed by atoms with Gasteiger partial charge in [0.05, 0.1) is 5.73 Å². The second kappa shape index (κ2) is 3.81. The molecule has 1 unspecified atom stereocenters. The van der Waals surface area contributed by atoms with Gasteiger partial charge in [-0.3, -0.25) is 0 Å². The third-order valence-corrected chi connectivity index (χ3v) is 6.79. The van der Waals surface area contributed by atoms with Crippen molar-refractivity contribution in [2.45, 2.75) is 32.0 Å². The molecule has 0 heterocycles. The highest BCUT2D eigenvalue weighted by Crippen LogP contribution is 2.25. The van der Waals surface area contributed by atoms with Crippen molar-refractivity contribution in [3.63, 3.8) is 0 Å². The van der Waals surface area contributed by atoms with Gasteiger partial charge in [0.2, 0.25) is 0 Å². The fourth-order valence-electron chi connectivity index (χ4n) is 0.534. The number of hydrogen-bond donors (Lipinski definition) is 1. The summed E-state index contributed by atoms with van der Waals surface area (Å²) in [6.07, 6.45) is 0.660. The van der Waals surface area contributed by atoms with Gasteiger partial charge in [0.25, 0.3) is 6.69 Å². The summed E-state index contributed by atoms with van der Waals surface area (Å²) in [5.74, 6) is 0. The Morgan fingerprint density at radius 3 is 2.00 bits per heavy atom. The molecule has 0 aromatic carbocycles. The maximum Gasteiger partial charge on any atom is 0.278 e. The fraction of sp³-hybridized carbons (Fsp3) is 1.00. The number of rotatable bonds is 3. The van der Waals surface area contributed by atoms with Gasteiger partial charge in [-0.25, -0.2) is 0 Å². The molecule has 0 fully saturated rings. The third-order valence-electron chi connectivity index (χ3n) is 1.35. The second-order valence-corrected chi connectivity index (χ2v) is 9.56. The van der Waals surface area contributed by atoms with Crippen LogP contribution in [0, 0.1) is 0 Å². The molecule has 0 saturated heterocycles. The predicted octanol–water partition coefficient (Wildman–Crippen LogP) is 2.24. The molecule has 0 rings (SSSR count). The molecule has 9 heavy (non-hydrogen) atoms. The van der Waals surface area contributed by atoms with Crippen molar-refractivity contribution < 1.29 is 5.11 Å². The lowest BCUT2D eigenvalue weighted by atomic mass is 10.5. The Bertz CT molecular complexity index is 87.0. The maximum atomic E-state index is 9.18. The molecule has 0 aliphatic carbocycles. The van der Waals surface area contributed by atoms with Crippen molar-refractivity contribution in [2.24, 2.45) is 0 Å². The summed E-state index contributed by atoms with van der Waals surface area (Å²) in [6.45, 7) is 1.51. The van der Waals surface area contributed by atoms with Crippen molar-refractivity contribution in [2.75, 3.05) is 0 Å². The molecule has 4 heteroatoms. The Hall–Kier alpha value is 0.757. The standard InChI is InChI=1S/C5H12Cl2OSi/c1-3-5(8)9(6,7)4-2/h5,8H,3-4H2,1-2H3. The zero-order valence-electron chi connectivity index (χ0n) is 5.69. The van der Waals surface area contributed by atoms with Gasteiger partial charge in [-0.1, -0.05) is 13.8 Å². The number of hydrogen-bond acceptors (Lipinski definition) is 1. The smallest absolute Gasteiger partial charge is 0.278 e. The van der Waals surface area contributed by atoms with Crippen LogP contribution in [0.4, 0.5) is 0 Å². The van der Waals surface area contributed by atoms with Crippen molar-refractivity contribution in [3.05, 3.63) is 0 Å². The van der Waals surface area contributed by atoms with Crippen LogP contribution in [-0.2, 0) is 0 Å². The minimum atomic E-state index is -2.28. The zero-order chi connectivity index (χ0) is 7.49. The van der Waals surface area contributed by atoms with E-state index in [-0.39, 0.29) is 0 Å². The maximum absolute atomic E-state index is 9.18. The lowest BCUT2D eigenvalue weighted by molar-refractivity contribution is 0.244. The summed E-state index contributed by atoms with van der Waals surface area (Å²) in [5.41, 5.74) is -0.467. The number of halogens is 2. The van der Waals surface area contributed by atoms with Crippen molar-refractivity contribution >= 4 is 28.9 Å². The predicted molar refractivity (Wildman–Crippen MR) is 44.2 cm³/mol. The minimum absolute atomic E-state index is 0.467. The summed E-state index contributed by atoms with van der Waals surface area (Å²) in [4.78, 5) is 0. The zero-order valence-corrected chi connectivity index (χ0v) is 8.21. The van der Waals surface area contributed by atoms with Crippen LogP contribution in [0.5, 0.6) is 0 Å². The van der Waals surface area contributed by atoms with E-state index in [0.717, 1.165) is 0 Å². The van der Waals surface area contributed by atoms with E-state index in [4.69, 9.17) is 22.2 Å². The van der Waals surface area contributed by atoms with E-state index in [1.54, 1.807) is 0 Å². The summed E-state index contributed by atoms with van der Waals surface area (Å²) in [5, 5.41) is 9.18. The monoisotopic (exact) mass is 186 g/mol. The lowest BCUT2D eigenvalue weighted by Crippen LogP contribution is -2.35. The van der Waals surface area contributed by atoms with Gasteiger partial charge >= 0.3 is 0 Å². The molecule has 0 bridgehead atoms. The van der Waals surface area contributed by atoms with Crippen LogP contribution in [0.1, 0.15) is 20.3 Å². The highest BCUT2D eigenvalue weighted by atomic mass is 35.7. The Morgan fingerprint density at radius 2 is 1.89 bits per heavy atom. The SMILES string of the molecule is CCC(O)[Si](Cl)(Cl)CC. The van der Waals surface area contributed by atoms with Crippen LogP contribution < -0.4 is 0 Å². The topological polar surface area (TPSA) is 20.2 Å². The molecule has 0 aliphatic heterocycles. The van der Waals surface area contributed by atoms with E-state index < -0.39 is 12.4 Å². The molecular formula is C5H12Cl2OSi. The van der Waals surface area contributed by atoms with Gasteiger partial charge < -0.3 is 5.11 Å². The molecule has 0 amide bonds. The molecule has 0 aliphatic rings. The molecule has 0 spiro atoms. The van der Waals surface area contributed by atoms with Gasteiger partial charge in [0.15, 0.2) is 0 Å². The Labute approximate surface area is 66.4 Å². The highest BCUT2D eigenvalue weighted by Gasteiger charge is 2.33. The first-order valence-electron chi connectivity index (χ1n) is 3.10. The summed E-state index contributed by atoms with van der Waals surface area (Å²) in [6, 6.07) is 0.713. The van der Waals surface area contributed by atoms with Crippen LogP contribution in [0.15, 0.2) is 0 Å². The van der Waals surface area contributed by atoms with E-state index in [9.17, 15) is 5.11 Å². The van der Waals surface area contributed by atoms with Gasteiger partial charge in [-0.05, 0) is 12.5 Å². The van der Waals surface area contributed by atoms with Gasteiger partial charge in [-0.15, -0.1) is 22.2 Å². The van der Waals surface area contributed by atoms with E-state index in [0.29, 0.717) is 12.5 Å². The average molecular weight is 187 g/mol. The average Bonchev–Trinajstić information content (AvgIpc) is 1.86. The summed E-state index contributed by atoms with van der Waals surface area (Å²) in [7, 11) is 0. The molecule has 1 N–H and O–H groups in total. The first-order valence-corrected chi connectivity index (χ1v) is 7.41. The largest absolute Gasteiger partial charge is 0.394 e. The Kier molecular flexibility index (Phi) is 4.13. The summed E-state index contributed by atoms with van der Waals surface area (Å²) >= 11 is 11.7. The van der Waals surface area contributed by atoms with Crippen molar-refractivity contribution in [1.29, 1.82) is 0 Å². The Balaban J connectivity index is 3.80. The molecule has 0 radical (unpaired) electrons. The first kappa shape index (κ1) is 9.76. The van der Waals surface area contributed by atoms with Gasteiger partial charge in [0, 0.05) is 0 Å². The van der Waals surface area contributed by atoms with Crippen LogP contribution in [0.3, 0.4) is 0 Å². The van der Waals surface area contributed by atoms with Crippen LogP contribution in [0.25, 0.3) is 0 Å². The van der Waals surface area contributed by atoms with Gasteiger partial charge in [-0.2, -0.15) is 0 Å². The quantitative estimate of drug-likeness (QED) is 0.530. The molecule has 1 nitrogen and oxygen atoms in total. The van der Waals surface area contributed by atoms with Crippen LogP contribution >= 0.6 is 22.2 Å². The van der Waals surface area contributed by atoms with Crippen molar-refractivity contribution in [3.8, 4) is 0 Å². The number of aliphatic hydroxyl groups excluding tert-OH is 1. The van der Waals surface area contributed by atoms with Crippen LogP contribution in [0.2, 0.25) is 6.04 Å². The van der Waals surface area contributed by atoms with Crippen molar-refractivity contribution in [1.82, 2.24) is 0 Å². The Morgan fingerprint density at radius 1 is 1.44 bits per heavy atom. The molecule has 1 atom stereocenters. The highest BCUT2D eigenvalue weighted by molar-refractivity contribution is 7.45. The minimum Gasteiger partial charge on any atom is -0.394 e. The fourth-order valence-corrected chi connectivity index (χ4v) is 2.53. The van der Waals surface area contributed by atoms with E-state index in [2.05, 4.69) is 0 Å². The molecule has 56 valence electrons. The van der Waals surface area contributed by atoms with E-state index in [1.807, 2.05) is 13.8 Å². The molecule has 0 aromatic rings. The molecular weight excluding hydrogens is 175 g/mol. The van der Waals surface area contributed by atoms with E-state index in [1.165, 1.54) is 0 Å². The lowest BCUT2D eigenvalue weighted by Gasteiger charge is -2.19. The second-order valence-electron chi connectivity index (χ2n) is 2.04. The van der Waals surface area contributed by atoms with E-state index >= 15 is 0 Å². The third kappa shape index (κ3) is 2.89. The molecule has 0 saturated carbocycles. The molecule has 0 aromatic heterocycles.